The number of carbonyl (C=O) groups excluding carboxylic acids is 1. The van der Waals surface area contributed by atoms with E-state index < -0.39 is 0 Å². The van der Waals surface area contributed by atoms with E-state index in [9.17, 15) is 14.3 Å². The summed E-state index contributed by atoms with van der Waals surface area (Å²) >= 11 is 0. The van der Waals surface area contributed by atoms with Gasteiger partial charge < -0.3 is 10.0 Å². The molecule has 1 unspecified atom stereocenters. The summed E-state index contributed by atoms with van der Waals surface area (Å²) in [6.45, 7) is 1.91. The van der Waals surface area contributed by atoms with E-state index in [1.54, 1.807) is 48.3 Å². The zero-order valence-corrected chi connectivity index (χ0v) is 12.1. The van der Waals surface area contributed by atoms with Crippen molar-refractivity contribution >= 4 is 5.91 Å². The summed E-state index contributed by atoms with van der Waals surface area (Å²) in [5.74, 6) is -0.226. The number of halogens is 1. The molecular weight excluding hydrogens is 269 g/mol. The summed E-state index contributed by atoms with van der Waals surface area (Å²) in [5, 5.41) is 9.29. The molecule has 3 nitrogen and oxygen atoms in total. The Hall–Kier alpha value is -2.36. The summed E-state index contributed by atoms with van der Waals surface area (Å²) in [7, 11) is 1.72. The zero-order chi connectivity index (χ0) is 15.4. The molecule has 110 valence electrons. The molecule has 1 atom stereocenters. The predicted octanol–water partition coefficient (Wildman–Crippen LogP) is 3.29. The Morgan fingerprint density at radius 3 is 2.52 bits per heavy atom. The first-order valence-electron chi connectivity index (χ1n) is 6.76. The summed E-state index contributed by atoms with van der Waals surface area (Å²) in [4.78, 5) is 13.9. The Balaban J connectivity index is 2.06. The van der Waals surface area contributed by atoms with Crippen LogP contribution in [0.5, 0.6) is 5.75 Å². The van der Waals surface area contributed by atoms with Gasteiger partial charge in [0.1, 0.15) is 11.6 Å². The smallest absolute Gasteiger partial charge is 0.227 e. The molecule has 2 rings (SSSR count). The third-order valence-corrected chi connectivity index (χ3v) is 3.59. The molecule has 2 aromatic carbocycles. The Kier molecular flexibility index (Phi) is 4.58. The topological polar surface area (TPSA) is 40.5 Å². The molecule has 0 saturated carbocycles. The fraction of sp³-hybridized carbons (Fsp3) is 0.235. The van der Waals surface area contributed by atoms with Crippen molar-refractivity contribution in [2.24, 2.45) is 0 Å². The molecular formula is C17H18FNO2. The van der Waals surface area contributed by atoms with Gasteiger partial charge >= 0.3 is 0 Å². The SMILES string of the molecule is CC(c1ccc(O)cc1)N(C)C(=O)Cc1cccc(F)c1. The number of nitrogens with zero attached hydrogens (tertiary/aromatic N) is 1. The zero-order valence-electron chi connectivity index (χ0n) is 12.1. The maximum Gasteiger partial charge on any atom is 0.227 e. The van der Waals surface area contributed by atoms with Gasteiger partial charge in [-0.15, -0.1) is 0 Å². The molecule has 21 heavy (non-hydrogen) atoms. The molecule has 0 saturated heterocycles. The van der Waals surface area contributed by atoms with Crippen LogP contribution in [0.15, 0.2) is 48.5 Å². The molecule has 0 heterocycles. The third kappa shape index (κ3) is 3.81. The lowest BCUT2D eigenvalue weighted by atomic mass is 10.1. The maximum atomic E-state index is 13.1. The molecule has 0 aliphatic carbocycles. The second-order valence-corrected chi connectivity index (χ2v) is 5.08. The maximum absolute atomic E-state index is 13.1. The number of amides is 1. The van der Waals surface area contributed by atoms with Crippen molar-refractivity contribution in [2.45, 2.75) is 19.4 Å². The van der Waals surface area contributed by atoms with E-state index in [1.807, 2.05) is 6.92 Å². The Morgan fingerprint density at radius 2 is 1.90 bits per heavy atom. The number of phenolic OH excluding ortho intramolecular Hbond substituents is 1. The van der Waals surface area contributed by atoms with Crippen molar-refractivity contribution in [1.29, 1.82) is 0 Å². The van der Waals surface area contributed by atoms with Gasteiger partial charge in [-0.2, -0.15) is 0 Å². The molecule has 0 aliphatic heterocycles. The largest absolute Gasteiger partial charge is 0.508 e. The molecule has 0 aliphatic rings. The Morgan fingerprint density at radius 1 is 1.24 bits per heavy atom. The molecule has 2 aromatic rings. The number of carbonyl (C=O) groups is 1. The van der Waals surface area contributed by atoms with Gasteiger partial charge in [-0.25, -0.2) is 4.39 Å². The van der Waals surface area contributed by atoms with Crippen LogP contribution >= 0.6 is 0 Å². The van der Waals surface area contributed by atoms with Crippen LogP contribution < -0.4 is 0 Å². The second-order valence-electron chi connectivity index (χ2n) is 5.08. The number of hydrogen-bond donors (Lipinski definition) is 1. The first-order valence-corrected chi connectivity index (χ1v) is 6.76. The van der Waals surface area contributed by atoms with Gasteiger partial charge in [0.2, 0.25) is 5.91 Å². The predicted molar refractivity (Wildman–Crippen MR) is 79.4 cm³/mol. The van der Waals surface area contributed by atoms with Crippen LogP contribution in [0.4, 0.5) is 4.39 Å². The molecule has 0 bridgehead atoms. The number of likely N-dealkylation sites (N-methyl/N-ethyl adjacent to an activating group) is 1. The van der Waals surface area contributed by atoms with Crippen molar-refractivity contribution in [3.8, 4) is 5.75 Å². The van der Waals surface area contributed by atoms with Gasteiger partial charge in [-0.3, -0.25) is 4.79 Å². The number of hydrogen-bond acceptors (Lipinski definition) is 2. The van der Waals surface area contributed by atoms with Crippen LogP contribution in [0.1, 0.15) is 24.1 Å². The molecule has 1 N–H and O–H groups in total. The second kappa shape index (κ2) is 6.39. The summed E-state index contributed by atoms with van der Waals surface area (Å²) in [6.07, 6.45) is 0.163. The van der Waals surface area contributed by atoms with Crippen LogP contribution in [0.3, 0.4) is 0 Å². The van der Waals surface area contributed by atoms with Gasteiger partial charge in [0.15, 0.2) is 0 Å². The number of aromatic hydroxyl groups is 1. The molecule has 1 amide bonds. The van der Waals surface area contributed by atoms with Gasteiger partial charge in [-0.05, 0) is 42.3 Å². The van der Waals surface area contributed by atoms with Gasteiger partial charge in [0.25, 0.3) is 0 Å². The van der Waals surface area contributed by atoms with Gasteiger partial charge in [0, 0.05) is 7.05 Å². The van der Waals surface area contributed by atoms with Crippen LogP contribution in [0.25, 0.3) is 0 Å². The van der Waals surface area contributed by atoms with Crippen molar-refractivity contribution in [3.63, 3.8) is 0 Å². The normalized spacial score (nSPS) is 12.0. The lowest BCUT2D eigenvalue weighted by Gasteiger charge is -2.25. The average molecular weight is 287 g/mol. The monoisotopic (exact) mass is 287 g/mol. The third-order valence-electron chi connectivity index (χ3n) is 3.59. The summed E-state index contributed by atoms with van der Waals surface area (Å²) in [6, 6.07) is 12.7. The number of benzene rings is 2. The molecule has 0 aromatic heterocycles. The minimum absolute atomic E-state index is 0.0822. The summed E-state index contributed by atoms with van der Waals surface area (Å²) in [5.41, 5.74) is 1.59. The first-order chi connectivity index (χ1) is 9.97. The van der Waals surface area contributed by atoms with E-state index in [1.165, 1.54) is 12.1 Å². The van der Waals surface area contributed by atoms with Gasteiger partial charge in [0.05, 0.1) is 12.5 Å². The molecule has 0 fully saturated rings. The van der Waals surface area contributed by atoms with Crippen molar-refractivity contribution in [3.05, 3.63) is 65.5 Å². The van der Waals surface area contributed by atoms with Crippen molar-refractivity contribution < 1.29 is 14.3 Å². The van der Waals surface area contributed by atoms with Crippen LogP contribution in [0.2, 0.25) is 0 Å². The highest BCUT2D eigenvalue weighted by atomic mass is 19.1. The van der Waals surface area contributed by atoms with E-state index in [2.05, 4.69) is 0 Å². The van der Waals surface area contributed by atoms with E-state index >= 15 is 0 Å². The molecule has 0 spiro atoms. The highest BCUT2D eigenvalue weighted by Crippen LogP contribution is 2.21. The minimum Gasteiger partial charge on any atom is -0.508 e. The Bertz CT molecular complexity index is 625. The highest BCUT2D eigenvalue weighted by Gasteiger charge is 2.17. The van der Waals surface area contributed by atoms with E-state index in [0.717, 1.165) is 5.56 Å². The van der Waals surface area contributed by atoms with Crippen LogP contribution in [-0.2, 0) is 11.2 Å². The number of phenols is 1. The quantitative estimate of drug-likeness (QED) is 0.937. The lowest BCUT2D eigenvalue weighted by Crippen LogP contribution is -2.30. The van der Waals surface area contributed by atoms with Crippen LogP contribution in [0, 0.1) is 5.82 Å². The van der Waals surface area contributed by atoms with Crippen molar-refractivity contribution in [1.82, 2.24) is 4.90 Å². The fourth-order valence-electron chi connectivity index (χ4n) is 2.14. The van der Waals surface area contributed by atoms with E-state index in [-0.39, 0.29) is 29.9 Å². The van der Waals surface area contributed by atoms with E-state index in [4.69, 9.17) is 0 Å². The van der Waals surface area contributed by atoms with E-state index in [0.29, 0.717) is 5.56 Å². The standard InChI is InChI=1S/C17H18FNO2/c1-12(14-6-8-16(20)9-7-14)19(2)17(21)11-13-4-3-5-15(18)10-13/h3-10,12,20H,11H2,1-2H3. The van der Waals surface area contributed by atoms with Gasteiger partial charge in [-0.1, -0.05) is 24.3 Å². The van der Waals surface area contributed by atoms with Crippen LogP contribution in [-0.4, -0.2) is 23.0 Å². The molecule has 0 radical (unpaired) electrons. The highest BCUT2D eigenvalue weighted by molar-refractivity contribution is 5.79. The van der Waals surface area contributed by atoms with Crippen molar-refractivity contribution in [2.75, 3.05) is 7.05 Å². The summed E-state index contributed by atoms with van der Waals surface area (Å²) < 4.78 is 13.1. The Labute approximate surface area is 123 Å². The lowest BCUT2D eigenvalue weighted by molar-refractivity contribution is -0.131. The first kappa shape index (κ1) is 15.0. The fourth-order valence-corrected chi connectivity index (χ4v) is 2.14. The molecule has 4 heteroatoms. The number of rotatable bonds is 4. The average Bonchev–Trinajstić information content (AvgIpc) is 2.46. The minimum atomic E-state index is -0.338.